The number of aromatic amines is 1. The average molecular weight is 206 g/mol. The monoisotopic (exact) mass is 206 g/mol. The Morgan fingerprint density at radius 3 is 2.93 bits per heavy atom. The maximum atomic E-state index is 5.29. The zero-order chi connectivity index (χ0) is 10.1. The Morgan fingerprint density at radius 1 is 1.20 bits per heavy atom. The number of ether oxygens (including phenoxy) is 1. The van der Waals surface area contributed by atoms with Crippen molar-refractivity contribution in [2.45, 2.75) is 0 Å². The Balaban J connectivity index is 2.05. The minimum absolute atomic E-state index is 0.603. The van der Waals surface area contributed by atoms with Crippen LogP contribution in [0.4, 0.5) is 5.82 Å². The van der Waals surface area contributed by atoms with E-state index in [1.165, 1.54) is 6.33 Å². The van der Waals surface area contributed by atoms with Crippen molar-refractivity contribution < 1.29 is 4.74 Å². The van der Waals surface area contributed by atoms with Crippen molar-refractivity contribution in [2.75, 3.05) is 31.2 Å². The highest BCUT2D eigenvalue weighted by Gasteiger charge is 2.17. The van der Waals surface area contributed by atoms with Crippen LogP contribution in [0.2, 0.25) is 0 Å². The second kappa shape index (κ2) is 3.43. The van der Waals surface area contributed by atoms with Gasteiger partial charge in [-0.15, -0.1) is 5.10 Å². The Kier molecular flexibility index (Phi) is 1.95. The molecule has 1 fully saturated rings. The maximum absolute atomic E-state index is 5.29. The molecule has 15 heavy (non-hydrogen) atoms. The fraction of sp³-hybridized carbons (Fsp3) is 0.500. The van der Waals surface area contributed by atoms with Gasteiger partial charge in [0.15, 0.2) is 11.3 Å². The predicted molar refractivity (Wildman–Crippen MR) is 52.5 cm³/mol. The summed E-state index contributed by atoms with van der Waals surface area (Å²) < 4.78 is 5.29. The lowest BCUT2D eigenvalue weighted by Crippen LogP contribution is -2.36. The van der Waals surface area contributed by atoms with E-state index in [1.54, 1.807) is 0 Å². The second-order valence-electron chi connectivity index (χ2n) is 3.29. The van der Waals surface area contributed by atoms with Crippen molar-refractivity contribution >= 4 is 17.0 Å². The molecule has 0 atom stereocenters. The normalized spacial score (nSPS) is 17.2. The molecular formula is C8H10N6O. The number of hydrogen-bond donors (Lipinski definition) is 1. The van der Waals surface area contributed by atoms with Crippen molar-refractivity contribution in [3.05, 3.63) is 6.33 Å². The van der Waals surface area contributed by atoms with E-state index in [0.29, 0.717) is 5.65 Å². The number of nitrogens with one attached hydrogen (secondary N) is 1. The van der Waals surface area contributed by atoms with Crippen LogP contribution in [-0.4, -0.2) is 51.7 Å². The fourth-order valence-electron chi connectivity index (χ4n) is 1.67. The third kappa shape index (κ3) is 1.40. The Morgan fingerprint density at radius 2 is 2.07 bits per heavy atom. The molecule has 7 nitrogen and oxygen atoms in total. The number of morpholine rings is 1. The Bertz CT molecular complexity index is 463. The number of rotatable bonds is 1. The highest BCUT2D eigenvalue weighted by Crippen LogP contribution is 2.19. The smallest absolute Gasteiger partial charge is 0.206 e. The topological polar surface area (TPSA) is 79.8 Å². The predicted octanol–water partition coefficient (Wildman–Crippen LogP) is -0.416. The third-order valence-electron chi connectivity index (χ3n) is 2.41. The molecule has 78 valence electrons. The molecule has 3 heterocycles. The van der Waals surface area contributed by atoms with Crippen LogP contribution in [0.1, 0.15) is 0 Å². The van der Waals surface area contributed by atoms with Gasteiger partial charge in [0.2, 0.25) is 5.65 Å². The summed E-state index contributed by atoms with van der Waals surface area (Å²) in [6, 6.07) is 0. The maximum Gasteiger partial charge on any atom is 0.206 e. The standard InChI is InChI=1S/C8H10N6O/c1-3-15-4-2-14(1)8-6-7(9-5-10-8)12-13-11-6/h5H,1-4H2,(H,9,10,11,12,13). The summed E-state index contributed by atoms with van der Waals surface area (Å²) >= 11 is 0. The molecule has 0 radical (unpaired) electrons. The highest BCUT2D eigenvalue weighted by molar-refractivity contribution is 5.81. The Hall–Kier alpha value is -1.76. The van der Waals surface area contributed by atoms with E-state index >= 15 is 0 Å². The van der Waals surface area contributed by atoms with Gasteiger partial charge >= 0.3 is 0 Å². The van der Waals surface area contributed by atoms with Crippen LogP contribution in [0.3, 0.4) is 0 Å². The zero-order valence-electron chi connectivity index (χ0n) is 8.05. The second-order valence-corrected chi connectivity index (χ2v) is 3.29. The molecule has 1 aliphatic heterocycles. The molecule has 1 aliphatic rings. The molecule has 0 amide bonds. The first-order valence-corrected chi connectivity index (χ1v) is 4.79. The summed E-state index contributed by atoms with van der Waals surface area (Å²) in [7, 11) is 0. The first-order chi connectivity index (χ1) is 7.45. The largest absolute Gasteiger partial charge is 0.378 e. The van der Waals surface area contributed by atoms with Gasteiger partial charge in [0.1, 0.15) is 6.33 Å². The van der Waals surface area contributed by atoms with Gasteiger partial charge in [-0.1, -0.05) is 0 Å². The van der Waals surface area contributed by atoms with Crippen LogP contribution in [0.5, 0.6) is 0 Å². The number of nitrogens with zero attached hydrogens (tertiary/aromatic N) is 5. The number of fused-ring (bicyclic) bond motifs is 1. The molecule has 0 aliphatic carbocycles. The molecule has 1 N–H and O–H groups in total. The van der Waals surface area contributed by atoms with E-state index in [4.69, 9.17) is 4.74 Å². The zero-order valence-corrected chi connectivity index (χ0v) is 8.05. The summed E-state index contributed by atoms with van der Waals surface area (Å²) in [5, 5.41) is 10.5. The van der Waals surface area contributed by atoms with Crippen molar-refractivity contribution in [1.29, 1.82) is 0 Å². The van der Waals surface area contributed by atoms with Gasteiger partial charge in [0.05, 0.1) is 13.2 Å². The van der Waals surface area contributed by atoms with E-state index in [2.05, 4.69) is 30.3 Å². The fourth-order valence-corrected chi connectivity index (χ4v) is 1.67. The van der Waals surface area contributed by atoms with Gasteiger partial charge < -0.3 is 9.64 Å². The lowest BCUT2D eigenvalue weighted by atomic mass is 10.4. The molecule has 1 saturated heterocycles. The van der Waals surface area contributed by atoms with Gasteiger partial charge in [0, 0.05) is 13.1 Å². The Labute approximate surface area is 85.5 Å². The van der Waals surface area contributed by atoms with E-state index in [1.807, 2.05) is 0 Å². The number of hydrogen-bond acceptors (Lipinski definition) is 6. The summed E-state index contributed by atoms with van der Waals surface area (Å²) in [5.41, 5.74) is 1.32. The SMILES string of the molecule is c1nc(N2CCOCC2)c2n[nH]nc2n1. The van der Waals surface area contributed by atoms with E-state index in [9.17, 15) is 0 Å². The summed E-state index contributed by atoms with van der Waals surface area (Å²) in [5.74, 6) is 0.831. The van der Waals surface area contributed by atoms with E-state index in [-0.39, 0.29) is 0 Å². The molecule has 3 rings (SSSR count). The van der Waals surface area contributed by atoms with Gasteiger partial charge in [-0.3, -0.25) is 0 Å². The van der Waals surface area contributed by atoms with Crippen LogP contribution in [0, 0.1) is 0 Å². The quantitative estimate of drug-likeness (QED) is 0.683. The average Bonchev–Trinajstić information content (AvgIpc) is 2.78. The third-order valence-corrected chi connectivity index (χ3v) is 2.41. The summed E-state index contributed by atoms with van der Waals surface area (Å²) in [6.45, 7) is 3.12. The van der Waals surface area contributed by atoms with Crippen molar-refractivity contribution in [1.82, 2.24) is 25.4 Å². The molecular weight excluding hydrogens is 196 g/mol. The molecule has 0 unspecified atom stereocenters. The van der Waals surface area contributed by atoms with Crippen LogP contribution < -0.4 is 4.90 Å². The van der Waals surface area contributed by atoms with Crippen LogP contribution in [0.25, 0.3) is 11.2 Å². The highest BCUT2D eigenvalue weighted by atomic mass is 16.5. The molecule has 0 saturated carbocycles. The van der Waals surface area contributed by atoms with Crippen molar-refractivity contribution in [3.63, 3.8) is 0 Å². The first-order valence-electron chi connectivity index (χ1n) is 4.79. The molecule has 7 heteroatoms. The molecule has 2 aromatic rings. The van der Waals surface area contributed by atoms with Gasteiger partial charge in [-0.05, 0) is 0 Å². The van der Waals surface area contributed by atoms with Crippen molar-refractivity contribution in [2.24, 2.45) is 0 Å². The molecule has 0 spiro atoms. The lowest BCUT2D eigenvalue weighted by molar-refractivity contribution is 0.122. The number of H-pyrrole nitrogens is 1. The molecule has 2 aromatic heterocycles. The number of aromatic nitrogens is 5. The van der Waals surface area contributed by atoms with Crippen LogP contribution >= 0.6 is 0 Å². The van der Waals surface area contributed by atoms with E-state index < -0.39 is 0 Å². The number of anilines is 1. The van der Waals surface area contributed by atoms with Crippen LogP contribution in [-0.2, 0) is 4.74 Å². The summed E-state index contributed by atoms with van der Waals surface area (Å²) in [4.78, 5) is 10.4. The minimum atomic E-state index is 0.603. The van der Waals surface area contributed by atoms with Gasteiger partial charge in [-0.2, -0.15) is 10.3 Å². The minimum Gasteiger partial charge on any atom is -0.378 e. The van der Waals surface area contributed by atoms with Gasteiger partial charge in [0.25, 0.3) is 0 Å². The van der Waals surface area contributed by atoms with Crippen molar-refractivity contribution in [3.8, 4) is 0 Å². The summed E-state index contributed by atoms with van der Waals surface area (Å²) in [6.07, 6.45) is 1.51. The molecule has 0 aromatic carbocycles. The lowest BCUT2D eigenvalue weighted by Gasteiger charge is -2.27. The van der Waals surface area contributed by atoms with Crippen LogP contribution in [0.15, 0.2) is 6.33 Å². The van der Waals surface area contributed by atoms with E-state index in [0.717, 1.165) is 37.6 Å². The van der Waals surface area contributed by atoms with Gasteiger partial charge in [-0.25, -0.2) is 9.97 Å². The molecule has 0 bridgehead atoms. The first kappa shape index (κ1) is 8.54.